The van der Waals surface area contributed by atoms with E-state index in [4.69, 9.17) is 9.47 Å². The van der Waals surface area contributed by atoms with Crippen LogP contribution in [-0.2, 0) is 0 Å². The molecule has 1 unspecified atom stereocenters. The lowest BCUT2D eigenvalue weighted by atomic mass is 9.88. The minimum Gasteiger partial charge on any atom is -0.485 e. The zero-order valence-corrected chi connectivity index (χ0v) is 16.7. The maximum absolute atomic E-state index is 13.0. The molecular formula is C25H23F2NO2. The number of anilines is 1. The molecule has 30 heavy (non-hydrogen) atoms. The number of nitrogens with one attached hydrogen (secondary N) is 1. The second kappa shape index (κ2) is 8.57. The van der Waals surface area contributed by atoms with E-state index in [2.05, 4.69) is 31.0 Å². The third-order valence-electron chi connectivity index (χ3n) is 5.13. The molecule has 1 heterocycles. The van der Waals surface area contributed by atoms with Crippen molar-refractivity contribution in [2.24, 2.45) is 0 Å². The normalized spacial score (nSPS) is 14.5. The Labute approximate surface area is 175 Å². The van der Waals surface area contributed by atoms with E-state index in [0.717, 1.165) is 34.5 Å². The molecule has 0 aliphatic carbocycles. The van der Waals surface area contributed by atoms with Crippen LogP contribution in [0.4, 0.5) is 14.5 Å². The fourth-order valence-electron chi connectivity index (χ4n) is 3.92. The summed E-state index contributed by atoms with van der Waals surface area (Å²) in [6.07, 6.45) is 2.15. The maximum atomic E-state index is 13.0. The van der Waals surface area contributed by atoms with Gasteiger partial charge >= 0.3 is 6.61 Å². The summed E-state index contributed by atoms with van der Waals surface area (Å²) < 4.78 is 36.9. The fourth-order valence-corrected chi connectivity index (χ4v) is 3.92. The zero-order chi connectivity index (χ0) is 21.1. The lowest BCUT2D eigenvalue weighted by molar-refractivity contribution is -0.0496. The van der Waals surface area contributed by atoms with Crippen LogP contribution >= 0.6 is 0 Å². The molecule has 3 aromatic carbocycles. The van der Waals surface area contributed by atoms with Crippen LogP contribution in [0.1, 0.15) is 25.0 Å². The highest BCUT2D eigenvalue weighted by Gasteiger charge is 2.29. The van der Waals surface area contributed by atoms with Crippen LogP contribution in [0.2, 0.25) is 0 Å². The van der Waals surface area contributed by atoms with Crippen molar-refractivity contribution in [1.82, 2.24) is 0 Å². The van der Waals surface area contributed by atoms with Crippen LogP contribution in [0.25, 0.3) is 22.3 Å². The van der Waals surface area contributed by atoms with Gasteiger partial charge in [-0.25, -0.2) is 0 Å². The van der Waals surface area contributed by atoms with E-state index in [1.807, 2.05) is 30.3 Å². The Kier molecular flexibility index (Phi) is 5.70. The van der Waals surface area contributed by atoms with Crippen molar-refractivity contribution in [2.75, 3.05) is 11.9 Å². The lowest BCUT2D eigenvalue weighted by Crippen LogP contribution is -2.15. The van der Waals surface area contributed by atoms with Crippen LogP contribution in [0.5, 0.6) is 11.5 Å². The van der Waals surface area contributed by atoms with Gasteiger partial charge in [-0.3, -0.25) is 0 Å². The van der Waals surface area contributed by atoms with E-state index in [1.165, 1.54) is 0 Å². The number of para-hydroxylation sites is 1. The molecule has 4 rings (SSSR count). The van der Waals surface area contributed by atoms with Gasteiger partial charge < -0.3 is 14.8 Å². The van der Waals surface area contributed by atoms with Crippen LogP contribution in [0.15, 0.2) is 73.3 Å². The predicted molar refractivity (Wildman–Crippen MR) is 116 cm³/mol. The summed E-state index contributed by atoms with van der Waals surface area (Å²) >= 11 is 0. The Morgan fingerprint density at radius 1 is 1.10 bits per heavy atom. The van der Waals surface area contributed by atoms with Crippen molar-refractivity contribution >= 4 is 5.69 Å². The van der Waals surface area contributed by atoms with Gasteiger partial charge in [-0.1, -0.05) is 42.5 Å². The molecule has 0 saturated heterocycles. The maximum Gasteiger partial charge on any atom is 0.387 e. The molecule has 0 aromatic heterocycles. The topological polar surface area (TPSA) is 30.5 Å². The van der Waals surface area contributed by atoms with Gasteiger partial charge in [0.05, 0.1) is 5.56 Å². The van der Waals surface area contributed by atoms with Crippen molar-refractivity contribution in [1.29, 1.82) is 0 Å². The van der Waals surface area contributed by atoms with Gasteiger partial charge in [-0.15, -0.1) is 6.58 Å². The van der Waals surface area contributed by atoms with Crippen LogP contribution in [0.3, 0.4) is 0 Å². The van der Waals surface area contributed by atoms with Crippen LogP contribution in [0, 0.1) is 0 Å². The molecule has 154 valence electrons. The van der Waals surface area contributed by atoms with Gasteiger partial charge in [-0.2, -0.15) is 8.78 Å². The lowest BCUT2D eigenvalue weighted by Gasteiger charge is -2.30. The van der Waals surface area contributed by atoms with Crippen molar-refractivity contribution in [2.45, 2.75) is 26.1 Å². The smallest absolute Gasteiger partial charge is 0.387 e. The summed E-state index contributed by atoms with van der Waals surface area (Å²) in [5, 5.41) is 3.39. The Bertz CT molecular complexity index is 1060. The summed E-state index contributed by atoms with van der Waals surface area (Å²) in [5.74, 6) is 0.648. The Morgan fingerprint density at radius 3 is 2.70 bits per heavy atom. The van der Waals surface area contributed by atoms with Crippen LogP contribution < -0.4 is 14.8 Å². The highest BCUT2D eigenvalue weighted by Crippen LogP contribution is 2.49. The first-order valence-electron chi connectivity index (χ1n) is 9.95. The number of halogens is 2. The number of benzene rings is 3. The summed E-state index contributed by atoms with van der Waals surface area (Å²) in [7, 11) is 0. The van der Waals surface area contributed by atoms with E-state index in [9.17, 15) is 8.78 Å². The van der Waals surface area contributed by atoms with Crippen molar-refractivity contribution < 1.29 is 18.3 Å². The average Bonchev–Trinajstić information content (AvgIpc) is 2.74. The molecule has 0 radical (unpaired) electrons. The Hall–Kier alpha value is -3.34. The van der Waals surface area contributed by atoms with Crippen LogP contribution in [-0.4, -0.2) is 13.2 Å². The second-order valence-electron chi connectivity index (χ2n) is 7.02. The molecule has 0 saturated carbocycles. The number of hydrogen-bond acceptors (Lipinski definition) is 3. The SMILES string of the molecule is C=CCC1Oc2cccc(OC(F)F)c2-c2ccc(-c3ccccc3NCC)cc21. The monoisotopic (exact) mass is 407 g/mol. The van der Waals surface area contributed by atoms with E-state index in [1.54, 1.807) is 24.3 Å². The predicted octanol–water partition coefficient (Wildman–Crippen LogP) is 7.06. The number of fused-ring (bicyclic) bond motifs is 3. The molecule has 1 aliphatic rings. The standard InChI is InChI=1S/C25H23F2NO2/c1-3-8-21-19-15-16(17-9-5-6-10-20(17)28-4-2)13-14-18(19)24-22(29-21)11-7-12-23(24)30-25(26)27/h3,5-7,9-15,21,25,28H,1,4,8H2,2H3. The highest BCUT2D eigenvalue weighted by molar-refractivity contribution is 5.85. The summed E-state index contributed by atoms with van der Waals surface area (Å²) in [6, 6.07) is 19.1. The molecular weight excluding hydrogens is 384 g/mol. The highest BCUT2D eigenvalue weighted by atomic mass is 19.3. The number of rotatable bonds is 7. The van der Waals surface area contributed by atoms with E-state index in [-0.39, 0.29) is 11.9 Å². The third-order valence-corrected chi connectivity index (χ3v) is 5.13. The molecule has 3 aromatic rings. The van der Waals surface area contributed by atoms with E-state index >= 15 is 0 Å². The second-order valence-corrected chi connectivity index (χ2v) is 7.02. The minimum atomic E-state index is -2.91. The molecule has 1 atom stereocenters. The summed E-state index contributed by atoms with van der Waals surface area (Å²) in [5.41, 5.74) is 5.46. The average molecular weight is 407 g/mol. The quantitative estimate of drug-likeness (QED) is 0.425. The summed E-state index contributed by atoms with van der Waals surface area (Å²) in [6.45, 7) is 3.81. The van der Waals surface area contributed by atoms with Crippen molar-refractivity contribution in [3.8, 4) is 33.8 Å². The van der Waals surface area contributed by atoms with E-state index in [0.29, 0.717) is 17.7 Å². The molecule has 1 N–H and O–H groups in total. The molecule has 3 nitrogen and oxygen atoms in total. The van der Waals surface area contributed by atoms with E-state index < -0.39 is 6.61 Å². The first kappa shape index (κ1) is 20.0. The molecule has 1 aliphatic heterocycles. The van der Waals surface area contributed by atoms with Gasteiger partial charge in [-0.05, 0) is 42.3 Å². The number of alkyl halides is 2. The molecule has 0 bridgehead atoms. The zero-order valence-electron chi connectivity index (χ0n) is 16.7. The number of ether oxygens (including phenoxy) is 2. The minimum absolute atomic E-state index is 0.113. The summed E-state index contributed by atoms with van der Waals surface area (Å²) in [4.78, 5) is 0. The fraction of sp³-hybridized carbons (Fsp3) is 0.200. The first-order valence-corrected chi connectivity index (χ1v) is 9.95. The Morgan fingerprint density at radius 2 is 1.93 bits per heavy atom. The molecule has 5 heteroatoms. The van der Waals surface area contributed by atoms with Gasteiger partial charge in [0, 0.05) is 29.8 Å². The van der Waals surface area contributed by atoms with Gasteiger partial charge in [0.15, 0.2) is 0 Å². The molecule has 0 amide bonds. The number of hydrogen-bond donors (Lipinski definition) is 1. The van der Waals surface area contributed by atoms with Crippen molar-refractivity contribution in [3.05, 3.63) is 78.9 Å². The largest absolute Gasteiger partial charge is 0.485 e. The molecule has 0 spiro atoms. The van der Waals surface area contributed by atoms with Gasteiger partial charge in [0.2, 0.25) is 0 Å². The Balaban J connectivity index is 1.87. The van der Waals surface area contributed by atoms with Gasteiger partial charge in [0.25, 0.3) is 0 Å². The molecule has 0 fully saturated rings. The van der Waals surface area contributed by atoms with Crippen molar-refractivity contribution in [3.63, 3.8) is 0 Å². The third kappa shape index (κ3) is 3.75. The first-order chi connectivity index (χ1) is 14.6. The van der Waals surface area contributed by atoms with Gasteiger partial charge in [0.1, 0.15) is 17.6 Å².